The van der Waals surface area contributed by atoms with Gasteiger partial charge in [0.05, 0.1) is 0 Å². The number of rotatable bonds is 3. The normalized spacial score (nSPS) is 29.7. The van der Waals surface area contributed by atoms with Gasteiger partial charge in [-0.3, -0.25) is 4.90 Å². The van der Waals surface area contributed by atoms with Gasteiger partial charge in [0, 0.05) is 25.7 Å². The van der Waals surface area contributed by atoms with Crippen molar-refractivity contribution < 1.29 is 0 Å². The van der Waals surface area contributed by atoms with E-state index in [0.29, 0.717) is 6.04 Å². The van der Waals surface area contributed by atoms with Gasteiger partial charge in [0.15, 0.2) is 0 Å². The molecular formula is C17H26N2. The van der Waals surface area contributed by atoms with Crippen LogP contribution < -0.4 is 5.73 Å². The molecule has 1 aliphatic heterocycles. The third-order valence-corrected chi connectivity index (χ3v) is 4.99. The molecule has 19 heavy (non-hydrogen) atoms. The molecule has 1 aromatic carbocycles. The molecular weight excluding hydrogens is 232 g/mol. The third kappa shape index (κ3) is 3.18. The van der Waals surface area contributed by atoms with E-state index >= 15 is 0 Å². The molecule has 2 N–H and O–H groups in total. The minimum Gasteiger partial charge on any atom is -0.326 e. The molecule has 0 unspecified atom stereocenters. The molecule has 0 radical (unpaired) electrons. The van der Waals surface area contributed by atoms with Gasteiger partial charge in [0.1, 0.15) is 0 Å². The lowest BCUT2D eigenvalue weighted by molar-refractivity contribution is 0.227. The van der Waals surface area contributed by atoms with Crippen LogP contribution in [-0.4, -0.2) is 24.0 Å². The second kappa shape index (κ2) is 6.06. The van der Waals surface area contributed by atoms with E-state index in [4.69, 9.17) is 5.73 Å². The van der Waals surface area contributed by atoms with E-state index in [2.05, 4.69) is 35.2 Å². The van der Waals surface area contributed by atoms with Crippen LogP contribution in [0.15, 0.2) is 30.3 Å². The molecule has 2 fully saturated rings. The number of nitrogens with zero attached hydrogens (tertiary/aromatic N) is 1. The largest absolute Gasteiger partial charge is 0.326 e. The zero-order valence-electron chi connectivity index (χ0n) is 11.8. The number of likely N-dealkylation sites (tertiary alicyclic amines) is 1. The molecule has 1 heterocycles. The van der Waals surface area contributed by atoms with Crippen LogP contribution in [-0.2, 0) is 6.54 Å². The average Bonchev–Trinajstić information content (AvgIpc) is 2.82. The highest BCUT2D eigenvalue weighted by molar-refractivity contribution is 5.14. The Kier molecular flexibility index (Phi) is 4.19. The SMILES string of the molecule is N[C@H]1CN(Cc2ccccc2)C[C@@H]1C1CCCCC1. The van der Waals surface area contributed by atoms with Crippen molar-refractivity contribution in [3.63, 3.8) is 0 Å². The fourth-order valence-electron chi connectivity index (χ4n) is 3.97. The first-order valence-corrected chi connectivity index (χ1v) is 7.85. The second-order valence-corrected chi connectivity index (χ2v) is 6.41. The lowest BCUT2D eigenvalue weighted by atomic mass is 9.78. The summed E-state index contributed by atoms with van der Waals surface area (Å²) >= 11 is 0. The molecule has 1 aliphatic carbocycles. The Labute approximate surface area is 117 Å². The summed E-state index contributed by atoms with van der Waals surface area (Å²) in [7, 11) is 0. The minimum atomic E-state index is 0.395. The maximum Gasteiger partial charge on any atom is 0.0234 e. The van der Waals surface area contributed by atoms with E-state index in [1.165, 1.54) is 44.2 Å². The summed E-state index contributed by atoms with van der Waals surface area (Å²) in [4.78, 5) is 2.55. The van der Waals surface area contributed by atoms with Crippen molar-refractivity contribution in [1.82, 2.24) is 4.90 Å². The molecule has 0 bridgehead atoms. The fourth-order valence-corrected chi connectivity index (χ4v) is 3.97. The molecule has 1 aromatic rings. The van der Waals surface area contributed by atoms with Crippen LogP contribution in [0.5, 0.6) is 0 Å². The van der Waals surface area contributed by atoms with Gasteiger partial charge in [-0.25, -0.2) is 0 Å². The van der Waals surface area contributed by atoms with Gasteiger partial charge in [-0.15, -0.1) is 0 Å². The molecule has 0 spiro atoms. The number of hydrogen-bond donors (Lipinski definition) is 1. The van der Waals surface area contributed by atoms with E-state index in [-0.39, 0.29) is 0 Å². The number of hydrogen-bond acceptors (Lipinski definition) is 2. The molecule has 1 saturated heterocycles. The smallest absolute Gasteiger partial charge is 0.0234 e. The van der Waals surface area contributed by atoms with Crippen molar-refractivity contribution >= 4 is 0 Å². The average molecular weight is 258 g/mol. The molecule has 104 valence electrons. The van der Waals surface area contributed by atoms with Gasteiger partial charge >= 0.3 is 0 Å². The van der Waals surface area contributed by atoms with Crippen LogP contribution in [0.2, 0.25) is 0 Å². The monoisotopic (exact) mass is 258 g/mol. The van der Waals surface area contributed by atoms with Crippen LogP contribution in [0, 0.1) is 11.8 Å². The summed E-state index contributed by atoms with van der Waals surface area (Å²) in [5, 5.41) is 0. The maximum absolute atomic E-state index is 6.41. The van der Waals surface area contributed by atoms with Crippen molar-refractivity contribution in [1.29, 1.82) is 0 Å². The van der Waals surface area contributed by atoms with Crippen molar-refractivity contribution in [2.45, 2.75) is 44.7 Å². The number of benzene rings is 1. The molecule has 0 amide bonds. The van der Waals surface area contributed by atoms with Crippen molar-refractivity contribution in [2.24, 2.45) is 17.6 Å². The Morgan fingerprint density at radius 2 is 1.74 bits per heavy atom. The Balaban J connectivity index is 1.58. The molecule has 1 saturated carbocycles. The van der Waals surface area contributed by atoms with Crippen molar-refractivity contribution in [3.8, 4) is 0 Å². The lowest BCUT2D eigenvalue weighted by Gasteiger charge is -2.29. The molecule has 2 nitrogen and oxygen atoms in total. The lowest BCUT2D eigenvalue weighted by Crippen LogP contribution is -2.34. The summed E-state index contributed by atoms with van der Waals surface area (Å²) < 4.78 is 0. The quantitative estimate of drug-likeness (QED) is 0.903. The summed E-state index contributed by atoms with van der Waals surface area (Å²) in [5.41, 5.74) is 7.83. The van der Waals surface area contributed by atoms with Crippen LogP contribution in [0.4, 0.5) is 0 Å². The second-order valence-electron chi connectivity index (χ2n) is 6.41. The standard InChI is InChI=1S/C17H26N2/c18-17-13-19(11-14-7-3-1-4-8-14)12-16(17)15-9-5-2-6-10-15/h1,3-4,7-8,15-17H,2,5-6,9-13,18H2/t16-,17+/m1/s1. The van der Waals surface area contributed by atoms with Gasteiger partial charge in [-0.2, -0.15) is 0 Å². The molecule has 2 atom stereocenters. The Hall–Kier alpha value is -0.860. The van der Waals surface area contributed by atoms with E-state index in [1.54, 1.807) is 0 Å². The first-order valence-electron chi connectivity index (χ1n) is 7.85. The Bertz CT molecular complexity index is 384. The van der Waals surface area contributed by atoms with Crippen LogP contribution in [0.1, 0.15) is 37.7 Å². The summed E-state index contributed by atoms with van der Waals surface area (Å²) in [6.45, 7) is 3.36. The third-order valence-electron chi connectivity index (χ3n) is 4.99. The fraction of sp³-hybridized carbons (Fsp3) is 0.647. The van der Waals surface area contributed by atoms with Crippen LogP contribution in [0.25, 0.3) is 0 Å². The first-order chi connectivity index (χ1) is 9.33. The highest BCUT2D eigenvalue weighted by atomic mass is 15.2. The number of nitrogens with two attached hydrogens (primary N) is 1. The van der Waals surface area contributed by atoms with Gasteiger partial charge < -0.3 is 5.73 Å². The van der Waals surface area contributed by atoms with Crippen molar-refractivity contribution in [3.05, 3.63) is 35.9 Å². The molecule has 2 aliphatic rings. The summed E-state index contributed by atoms with van der Waals surface area (Å²) in [5.74, 6) is 1.63. The molecule has 0 aromatic heterocycles. The maximum atomic E-state index is 6.41. The van der Waals surface area contributed by atoms with E-state index in [1.807, 2.05) is 0 Å². The first kappa shape index (κ1) is 13.1. The van der Waals surface area contributed by atoms with E-state index in [0.717, 1.165) is 24.9 Å². The van der Waals surface area contributed by atoms with Gasteiger partial charge in [-0.05, 0) is 17.4 Å². The summed E-state index contributed by atoms with van der Waals surface area (Å²) in [6.07, 6.45) is 7.11. The minimum absolute atomic E-state index is 0.395. The predicted octanol–water partition coefficient (Wildman–Crippen LogP) is 3.03. The molecule has 3 rings (SSSR count). The zero-order valence-corrected chi connectivity index (χ0v) is 11.8. The Morgan fingerprint density at radius 3 is 2.47 bits per heavy atom. The summed E-state index contributed by atoms with van der Waals surface area (Å²) in [6, 6.07) is 11.2. The van der Waals surface area contributed by atoms with Crippen LogP contribution >= 0.6 is 0 Å². The van der Waals surface area contributed by atoms with E-state index < -0.39 is 0 Å². The van der Waals surface area contributed by atoms with Gasteiger partial charge in [0.2, 0.25) is 0 Å². The van der Waals surface area contributed by atoms with Crippen molar-refractivity contribution in [2.75, 3.05) is 13.1 Å². The molecule has 2 heteroatoms. The van der Waals surface area contributed by atoms with Gasteiger partial charge in [0.25, 0.3) is 0 Å². The Morgan fingerprint density at radius 1 is 1.00 bits per heavy atom. The topological polar surface area (TPSA) is 29.3 Å². The van der Waals surface area contributed by atoms with Gasteiger partial charge in [-0.1, -0.05) is 62.4 Å². The van der Waals surface area contributed by atoms with E-state index in [9.17, 15) is 0 Å². The highest BCUT2D eigenvalue weighted by Gasteiger charge is 2.35. The predicted molar refractivity (Wildman–Crippen MR) is 79.8 cm³/mol. The zero-order chi connectivity index (χ0) is 13.1. The van der Waals surface area contributed by atoms with Crippen LogP contribution in [0.3, 0.4) is 0 Å². The highest BCUT2D eigenvalue weighted by Crippen LogP contribution is 2.35.